The van der Waals surface area contributed by atoms with Crippen LogP contribution in [0.3, 0.4) is 0 Å². The van der Waals surface area contributed by atoms with Crippen molar-refractivity contribution in [3.05, 3.63) is 144 Å². The van der Waals surface area contributed by atoms with Gasteiger partial charge in [0.15, 0.2) is 28.9 Å². The zero-order valence-electron chi connectivity index (χ0n) is 25.6. The summed E-state index contributed by atoms with van der Waals surface area (Å²) in [6, 6.07) is 35.7. The molecule has 7 rings (SSSR count). The number of rotatable bonds is 10. The molecule has 0 amide bonds. The van der Waals surface area contributed by atoms with Crippen molar-refractivity contribution in [1.82, 2.24) is 19.5 Å². The standard InChI is InChI=1S/C37H30FN5O5/c38-37(23-47-29(22-46-35(44)27-17-9-3-10-18-27)31(37)48-36(45)28-19-11-4-12-20-28)43-24-40-30-33(39-21-25-13-5-1-6-14-25)41-32(42-34(30)43)26-15-7-2-8-16-26/h1-20,24,29,31H,21-23H2,(H,39,41,42)/t29-,31-,37-/m1/s1. The maximum Gasteiger partial charge on any atom is 0.338 e. The van der Waals surface area contributed by atoms with Crippen LogP contribution in [0.25, 0.3) is 22.6 Å². The number of carbonyl (C=O) groups excluding carboxylic acids is 2. The minimum Gasteiger partial charge on any atom is -0.459 e. The van der Waals surface area contributed by atoms with Gasteiger partial charge in [0.1, 0.15) is 25.6 Å². The summed E-state index contributed by atoms with van der Waals surface area (Å²) in [5.74, 6) is -3.13. The zero-order chi connectivity index (χ0) is 32.9. The van der Waals surface area contributed by atoms with Crippen molar-refractivity contribution in [3.8, 4) is 11.4 Å². The molecule has 4 aromatic carbocycles. The van der Waals surface area contributed by atoms with Crippen LogP contribution in [-0.2, 0) is 26.5 Å². The average Bonchev–Trinajstić information content (AvgIpc) is 3.72. The highest BCUT2D eigenvalue weighted by molar-refractivity contribution is 5.90. The lowest BCUT2D eigenvalue weighted by Crippen LogP contribution is -2.46. The molecular weight excluding hydrogens is 613 g/mol. The highest BCUT2D eigenvalue weighted by Crippen LogP contribution is 2.39. The first-order chi connectivity index (χ1) is 23.5. The minimum atomic E-state index is -2.48. The first-order valence-electron chi connectivity index (χ1n) is 15.4. The van der Waals surface area contributed by atoms with Crippen molar-refractivity contribution in [2.24, 2.45) is 0 Å². The average molecular weight is 644 g/mol. The van der Waals surface area contributed by atoms with Gasteiger partial charge >= 0.3 is 11.9 Å². The number of ether oxygens (including phenoxy) is 3. The van der Waals surface area contributed by atoms with Crippen LogP contribution in [0.4, 0.5) is 10.2 Å². The SMILES string of the molecule is O=C(OC[C@H]1OC[C@@](F)(n2cnc3c(NCc4ccccc4)nc(-c4ccccc4)nc32)[C@@H]1OC(=O)c1ccccc1)c1ccccc1. The molecule has 1 saturated heterocycles. The van der Waals surface area contributed by atoms with Crippen molar-refractivity contribution >= 4 is 28.9 Å². The molecule has 0 aliphatic carbocycles. The van der Waals surface area contributed by atoms with Gasteiger partial charge in [0.05, 0.1) is 11.1 Å². The zero-order valence-corrected chi connectivity index (χ0v) is 25.6. The first-order valence-corrected chi connectivity index (χ1v) is 15.4. The van der Waals surface area contributed by atoms with Gasteiger partial charge in [-0.3, -0.25) is 4.57 Å². The molecule has 3 atom stereocenters. The van der Waals surface area contributed by atoms with Gasteiger partial charge in [-0.2, -0.15) is 0 Å². The fraction of sp³-hybridized carbons (Fsp3) is 0.162. The van der Waals surface area contributed by atoms with Gasteiger partial charge in [0.2, 0.25) is 0 Å². The van der Waals surface area contributed by atoms with E-state index < -0.39 is 36.5 Å². The molecule has 0 saturated carbocycles. The van der Waals surface area contributed by atoms with Crippen molar-refractivity contribution in [3.63, 3.8) is 0 Å². The van der Waals surface area contributed by atoms with Gasteiger partial charge in [-0.05, 0) is 29.8 Å². The highest BCUT2D eigenvalue weighted by Gasteiger charge is 2.56. The highest BCUT2D eigenvalue weighted by atomic mass is 19.1. The van der Waals surface area contributed by atoms with Gasteiger partial charge in [0.25, 0.3) is 5.79 Å². The molecule has 1 aliphatic heterocycles. The molecule has 11 heteroatoms. The van der Waals surface area contributed by atoms with Crippen molar-refractivity contribution in [2.45, 2.75) is 24.5 Å². The summed E-state index contributed by atoms with van der Waals surface area (Å²) < 4.78 is 36.1. The van der Waals surface area contributed by atoms with E-state index in [-0.39, 0.29) is 17.8 Å². The predicted octanol–water partition coefficient (Wildman–Crippen LogP) is 6.21. The lowest BCUT2D eigenvalue weighted by atomic mass is 10.1. The lowest BCUT2D eigenvalue weighted by molar-refractivity contribution is -0.0667. The number of halogens is 1. The Morgan fingerprint density at radius 2 is 1.44 bits per heavy atom. The molecule has 0 spiro atoms. The van der Waals surface area contributed by atoms with Gasteiger partial charge in [0, 0.05) is 12.1 Å². The van der Waals surface area contributed by atoms with Crippen LogP contribution in [0.5, 0.6) is 0 Å². The van der Waals surface area contributed by atoms with Crippen LogP contribution in [0.15, 0.2) is 128 Å². The van der Waals surface area contributed by atoms with E-state index in [1.54, 1.807) is 60.7 Å². The number of benzene rings is 4. The van der Waals surface area contributed by atoms with Gasteiger partial charge < -0.3 is 19.5 Å². The molecule has 0 bridgehead atoms. The van der Waals surface area contributed by atoms with Crippen LogP contribution in [-0.4, -0.2) is 56.9 Å². The summed E-state index contributed by atoms with van der Waals surface area (Å²) in [5.41, 5.74) is 2.74. The number of hydrogen-bond acceptors (Lipinski definition) is 9. The molecule has 1 aliphatic rings. The number of alkyl halides is 1. The fourth-order valence-electron chi connectivity index (χ4n) is 5.55. The molecule has 3 heterocycles. The number of carbonyl (C=O) groups is 2. The van der Waals surface area contributed by atoms with Gasteiger partial charge in [-0.25, -0.2) is 28.9 Å². The Morgan fingerprint density at radius 3 is 2.10 bits per heavy atom. The third-order valence-electron chi connectivity index (χ3n) is 8.04. The Labute approximate surface area is 275 Å². The topological polar surface area (TPSA) is 117 Å². The summed E-state index contributed by atoms with van der Waals surface area (Å²) in [5, 5.41) is 3.33. The van der Waals surface area contributed by atoms with Crippen molar-refractivity contribution < 1.29 is 28.2 Å². The van der Waals surface area contributed by atoms with Crippen LogP contribution in [0.2, 0.25) is 0 Å². The van der Waals surface area contributed by atoms with Gasteiger partial charge in [-0.1, -0.05) is 97.1 Å². The quantitative estimate of drug-likeness (QED) is 0.174. The molecule has 2 aromatic heterocycles. The summed E-state index contributed by atoms with van der Waals surface area (Å²) >= 11 is 0. The maximum atomic E-state index is 17.7. The molecule has 0 radical (unpaired) electrons. The minimum absolute atomic E-state index is 0.160. The Bertz CT molecular complexity index is 2030. The first kappa shape index (κ1) is 30.7. The third-order valence-corrected chi connectivity index (χ3v) is 8.04. The van der Waals surface area contributed by atoms with E-state index in [9.17, 15) is 9.59 Å². The number of hydrogen-bond donors (Lipinski definition) is 1. The molecule has 0 unspecified atom stereocenters. The predicted molar refractivity (Wildman–Crippen MR) is 176 cm³/mol. The molecule has 1 N–H and O–H groups in total. The largest absolute Gasteiger partial charge is 0.459 e. The Hall–Kier alpha value is -5.94. The molecule has 1 fully saturated rings. The van der Waals surface area contributed by atoms with Crippen LogP contribution >= 0.6 is 0 Å². The third kappa shape index (κ3) is 6.23. The van der Waals surface area contributed by atoms with Crippen LogP contribution in [0.1, 0.15) is 26.3 Å². The number of esters is 2. The number of imidazole rings is 1. The lowest BCUT2D eigenvalue weighted by Gasteiger charge is -2.29. The van der Waals surface area contributed by atoms with E-state index >= 15 is 4.39 Å². The monoisotopic (exact) mass is 643 g/mol. The number of fused-ring (bicyclic) bond motifs is 1. The molecule has 48 heavy (non-hydrogen) atoms. The molecular formula is C37H30FN5O5. The smallest absolute Gasteiger partial charge is 0.338 e. The van der Waals surface area contributed by atoms with Crippen molar-refractivity contribution in [2.75, 3.05) is 18.5 Å². The summed E-state index contributed by atoms with van der Waals surface area (Å²) in [7, 11) is 0. The second-order valence-corrected chi connectivity index (χ2v) is 11.2. The molecule has 6 aromatic rings. The summed E-state index contributed by atoms with van der Waals surface area (Å²) in [4.78, 5) is 40.1. The maximum absolute atomic E-state index is 17.7. The summed E-state index contributed by atoms with van der Waals surface area (Å²) in [6.07, 6.45) is -1.38. The summed E-state index contributed by atoms with van der Waals surface area (Å²) in [6.45, 7) is -0.465. The number of aromatic nitrogens is 4. The number of anilines is 1. The van der Waals surface area contributed by atoms with Crippen molar-refractivity contribution in [1.29, 1.82) is 0 Å². The van der Waals surface area contributed by atoms with E-state index in [1.807, 2.05) is 60.7 Å². The van der Waals surface area contributed by atoms with E-state index in [2.05, 4.69) is 10.3 Å². The van der Waals surface area contributed by atoms with E-state index in [0.717, 1.165) is 5.56 Å². The van der Waals surface area contributed by atoms with Crippen LogP contribution in [0, 0.1) is 0 Å². The molecule has 240 valence electrons. The van der Waals surface area contributed by atoms with E-state index in [1.165, 1.54) is 10.9 Å². The van der Waals surface area contributed by atoms with E-state index in [0.29, 0.717) is 34.8 Å². The Morgan fingerprint density at radius 1 is 0.833 bits per heavy atom. The fourth-order valence-corrected chi connectivity index (χ4v) is 5.55. The normalized spacial score (nSPS) is 18.8. The Kier molecular flexibility index (Phi) is 8.59. The van der Waals surface area contributed by atoms with Gasteiger partial charge in [-0.15, -0.1) is 0 Å². The van der Waals surface area contributed by atoms with Crippen LogP contribution < -0.4 is 5.32 Å². The molecule has 10 nitrogen and oxygen atoms in total. The number of nitrogens with zero attached hydrogens (tertiary/aromatic N) is 4. The number of nitrogens with one attached hydrogen (secondary N) is 1. The van der Waals surface area contributed by atoms with E-state index in [4.69, 9.17) is 24.2 Å². The second-order valence-electron chi connectivity index (χ2n) is 11.2. The second kappa shape index (κ2) is 13.4. The Balaban J connectivity index is 1.26.